The molecule has 2 N–H and O–H groups in total. The van der Waals surface area contributed by atoms with Crippen LogP contribution in [0.15, 0.2) is 23.2 Å². The zero-order chi connectivity index (χ0) is 21.0. The van der Waals surface area contributed by atoms with Gasteiger partial charge in [-0.25, -0.2) is 8.78 Å². The van der Waals surface area contributed by atoms with Crippen molar-refractivity contribution in [2.24, 2.45) is 16.8 Å². The van der Waals surface area contributed by atoms with Crippen LogP contribution in [0.5, 0.6) is 0 Å². The molecule has 1 aromatic rings. The number of guanidine groups is 1. The molecule has 168 valence electrons. The standard InChI is InChI=1S/C21H31F2N5O.HI/c1-14(2)20(29)28-9-7-16(13-28)26-21(24-3)25-11-15-6-8-27(12-15)17-4-5-18(22)19(23)10-17;/h4-5,10,14-16H,6-9,11-13H2,1-3H3,(H2,24,25,26);1H. The van der Waals surface area contributed by atoms with Gasteiger partial charge in [0, 0.05) is 63.5 Å². The highest BCUT2D eigenvalue weighted by molar-refractivity contribution is 14.0. The lowest BCUT2D eigenvalue weighted by atomic mass is 10.1. The molecule has 2 saturated heterocycles. The topological polar surface area (TPSA) is 60.0 Å². The fraction of sp³-hybridized carbons (Fsp3) is 0.619. The maximum Gasteiger partial charge on any atom is 0.225 e. The summed E-state index contributed by atoms with van der Waals surface area (Å²) in [7, 11) is 1.74. The quantitative estimate of drug-likeness (QED) is 0.346. The molecule has 2 atom stereocenters. The lowest BCUT2D eigenvalue weighted by molar-refractivity contribution is -0.133. The first-order chi connectivity index (χ1) is 13.9. The largest absolute Gasteiger partial charge is 0.371 e. The summed E-state index contributed by atoms with van der Waals surface area (Å²) in [6.45, 7) is 7.68. The number of rotatable bonds is 5. The predicted octanol–water partition coefficient (Wildman–Crippen LogP) is 2.83. The second-order valence-electron chi connectivity index (χ2n) is 8.22. The van der Waals surface area contributed by atoms with Crippen LogP contribution in [0, 0.1) is 23.5 Å². The number of hydrogen-bond donors (Lipinski definition) is 2. The van der Waals surface area contributed by atoms with Gasteiger partial charge in [-0.1, -0.05) is 13.8 Å². The number of likely N-dealkylation sites (tertiary alicyclic amines) is 1. The van der Waals surface area contributed by atoms with Crippen molar-refractivity contribution in [2.75, 3.05) is 44.7 Å². The van der Waals surface area contributed by atoms with Crippen LogP contribution in [0.1, 0.15) is 26.7 Å². The molecule has 30 heavy (non-hydrogen) atoms. The van der Waals surface area contributed by atoms with Crippen molar-refractivity contribution in [3.63, 3.8) is 0 Å². The van der Waals surface area contributed by atoms with E-state index in [0.29, 0.717) is 12.5 Å². The fourth-order valence-corrected chi connectivity index (χ4v) is 3.99. The Morgan fingerprint density at radius 1 is 1.20 bits per heavy atom. The molecule has 0 bridgehead atoms. The molecule has 0 saturated carbocycles. The van der Waals surface area contributed by atoms with E-state index in [2.05, 4.69) is 20.5 Å². The lowest BCUT2D eigenvalue weighted by Gasteiger charge is -2.22. The van der Waals surface area contributed by atoms with Crippen molar-refractivity contribution in [2.45, 2.75) is 32.7 Å². The van der Waals surface area contributed by atoms with E-state index < -0.39 is 11.6 Å². The van der Waals surface area contributed by atoms with E-state index in [9.17, 15) is 13.6 Å². The predicted molar refractivity (Wildman–Crippen MR) is 126 cm³/mol. The highest BCUT2D eigenvalue weighted by Crippen LogP contribution is 2.25. The first kappa shape index (κ1) is 24.6. The summed E-state index contributed by atoms with van der Waals surface area (Å²) >= 11 is 0. The van der Waals surface area contributed by atoms with E-state index in [1.165, 1.54) is 12.1 Å². The van der Waals surface area contributed by atoms with Crippen LogP contribution in [0.3, 0.4) is 0 Å². The summed E-state index contributed by atoms with van der Waals surface area (Å²) in [5.41, 5.74) is 0.717. The van der Waals surface area contributed by atoms with Gasteiger partial charge in [0.05, 0.1) is 0 Å². The molecule has 3 rings (SSSR count). The van der Waals surface area contributed by atoms with Gasteiger partial charge in [-0.15, -0.1) is 24.0 Å². The van der Waals surface area contributed by atoms with Gasteiger partial charge in [0.25, 0.3) is 0 Å². The Morgan fingerprint density at radius 2 is 1.97 bits per heavy atom. The van der Waals surface area contributed by atoms with Crippen molar-refractivity contribution in [1.29, 1.82) is 0 Å². The Labute approximate surface area is 194 Å². The van der Waals surface area contributed by atoms with E-state index in [1.54, 1.807) is 13.1 Å². The minimum absolute atomic E-state index is 0. The first-order valence-corrected chi connectivity index (χ1v) is 10.3. The van der Waals surface area contributed by atoms with Crippen LogP contribution in [0.4, 0.5) is 14.5 Å². The molecule has 2 aliphatic rings. The molecule has 1 aromatic carbocycles. The van der Waals surface area contributed by atoms with E-state index in [4.69, 9.17) is 0 Å². The Balaban J connectivity index is 0.00000320. The fourth-order valence-electron chi connectivity index (χ4n) is 3.99. The number of halogens is 3. The zero-order valence-electron chi connectivity index (χ0n) is 17.8. The number of nitrogens with zero attached hydrogens (tertiary/aromatic N) is 3. The third-order valence-electron chi connectivity index (χ3n) is 5.67. The number of benzene rings is 1. The summed E-state index contributed by atoms with van der Waals surface area (Å²) < 4.78 is 26.6. The first-order valence-electron chi connectivity index (χ1n) is 10.3. The van der Waals surface area contributed by atoms with Crippen LogP contribution in [-0.2, 0) is 4.79 Å². The van der Waals surface area contributed by atoms with Crippen molar-refractivity contribution >= 4 is 41.5 Å². The van der Waals surface area contributed by atoms with E-state index in [1.807, 2.05) is 18.7 Å². The SMILES string of the molecule is CN=C(NCC1CCN(c2ccc(F)c(F)c2)C1)NC1CCN(C(=O)C(C)C)C1.I. The van der Waals surface area contributed by atoms with Gasteiger partial charge in [0.2, 0.25) is 5.91 Å². The number of anilines is 1. The maximum atomic E-state index is 13.5. The average Bonchev–Trinajstić information content (AvgIpc) is 3.36. The lowest BCUT2D eigenvalue weighted by Crippen LogP contribution is -2.46. The van der Waals surface area contributed by atoms with Crippen LogP contribution in [0.2, 0.25) is 0 Å². The molecule has 0 aromatic heterocycles. The number of carbonyl (C=O) groups excluding carboxylic acids is 1. The summed E-state index contributed by atoms with van der Waals surface area (Å²) in [6, 6.07) is 4.26. The van der Waals surface area contributed by atoms with Gasteiger partial charge in [-0.2, -0.15) is 0 Å². The third kappa shape index (κ3) is 6.18. The van der Waals surface area contributed by atoms with Gasteiger partial charge in [-0.3, -0.25) is 9.79 Å². The molecule has 0 aliphatic carbocycles. The molecule has 2 aliphatic heterocycles. The van der Waals surface area contributed by atoms with E-state index in [-0.39, 0.29) is 41.8 Å². The van der Waals surface area contributed by atoms with Crippen LogP contribution in [0.25, 0.3) is 0 Å². The average molecular weight is 535 g/mol. The maximum absolute atomic E-state index is 13.5. The van der Waals surface area contributed by atoms with Crippen LogP contribution >= 0.6 is 24.0 Å². The molecular formula is C21H32F2IN5O. The van der Waals surface area contributed by atoms with E-state index >= 15 is 0 Å². The van der Waals surface area contributed by atoms with Crippen molar-refractivity contribution in [3.8, 4) is 0 Å². The minimum atomic E-state index is -0.818. The molecule has 6 nitrogen and oxygen atoms in total. The molecular weight excluding hydrogens is 503 g/mol. The number of amides is 1. The van der Waals surface area contributed by atoms with Gasteiger partial charge < -0.3 is 20.4 Å². The Bertz CT molecular complexity index is 761. The molecule has 0 radical (unpaired) electrons. The monoisotopic (exact) mass is 535 g/mol. The van der Waals surface area contributed by atoms with Gasteiger partial charge in [0.15, 0.2) is 17.6 Å². The summed E-state index contributed by atoms with van der Waals surface area (Å²) in [6.07, 6.45) is 1.88. The minimum Gasteiger partial charge on any atom is -0.371 e. The van der Waals surface area contributed by atoms with E-state index in [0.717, 1.165) is 50.7 Å². The number of aliphatic imine (C=N–C) groups is 1. The van der Waals surface area contributed by atoms with Crippen LogP contribution in [-0.4, -0.2) is 62.6 Å². The highest BCUT2D eigenvalue weighted by Gasteiger charge is 2.28. The summed E-state index contributed by atoms with van der Waals surface area (Å²) in [4.78, 5) is 20.4. The second-order valence-corrected chi connectivity index (χ2v) is 8.22. The van der Waals surface area contributed by atoms with Gasteiger partial charge in [-0.05, 0) is 30.9 Å². The summed E-state index contributed by atoms with van der Waals surface area (Å²) in [5, 5.41) is 6.78. The van der Waals surface area contributed by atoms with Gasteiger partial charge in [0.1, 0.15) is 0 Å². The molecule has 1 amide bonds. The normalized spacial score (nSPS) is 21.7. The third-order valence-corrected chi connectivity index (χ3v) is 5.67. The molecule has 2 heterocycles. The summed E-state index contributed by atoms with van der Waals surface area (Å²) in [5.74, 6) is -0.284. The Morgan fingerprint density at radius 3 is 2.63 bits per heavy atom. The van der Waals surface area contributed by atoms with Crippen LogP contribution < -0.4 is 15.5 Å². The number of carbonyl (C=O) groups is 1. The van der Waals surface area contributed by atoms with Crippen molar-refractivity contribution in [1.82, 2.24) is 15.5 Å². The Kier molecular flexibility index (Phi) is 9.11. The molecule has 9 heteroatoms. The van der Waals surface area contributed by atoms with Crippen molar-refractivity contribution < 1.29 is 13.6 Å². The number of hydrogen-bond acceptors (Lipinski definition) is 3. The highest BCUT2D eigenvalue weighted by atomic mass is 127. The molecule has 2 unspecified atom stereocenters. The zero-order valence-corrected chi connectivity index (χ0v) is 20.2. The smallest absolute Gasteiger partial charge is 0.225 e. The number of nitrogens with one attached hydrogen (secondary N) is 2. The molecule has 0 spiro atoms. The van der Waals surface area contributed by atoms with Crippen molar-refractivity contribution in [3.05, 3.63) is 29.8 Å². The molecule has 2 fully saturated rings. The van der Waals surface area contributed by atoms with Gasteiger partial charge >= 0.3 is 0 Å². The Hall–Kier alpha value is -1.65. The second kappa shape index (κ2) is 11.1.